The van der Waals surface area contributed by atoms with E-state index in [1.807, 2.05) is 0 Å². The molecule has 2 heterocycles. The second-order valence-corrected chi connectivity index (χ2v) is 4.17. The summed E-state index contributed by atoms with van der Waals surface area (Å²) in [4.78, 5) is 27.3. The van der Waals surface area contributed by atoms with E-state index in [4.69, 9.17) is 5.11 Å². The molecule has 8 heteroatoms. The lowest BCUT2D eigenvalue weighted by atomic mass is 10.2. The van der Waals surface area contributed by atoms with Gasteiger partial charge in [-0.1, -0.05) is 15.9 Å². The van der Waals surface area contributed by atoms with E-state index in [9.17, 15) is 9.59 Å². The maximum Gasteiger partial charge on any atom is 0.373 e. The molecule has 2 rings (SSSR count). The number of carboxylic acids is 1. The van der Waals surface area contributed by atoms with Crippen LogP contribution in [0.1, 0.15) is 17.0 Å². The summed E-state index contributed by atoms with van der Waals surface area (Å²) in [5, 5.41) is 15.4. The van der Waals surface area contributed by atoms with E-state index in [0.717, 1.165) is 5.33 Å². The molecular formula is C8H9BrN4O3. The van der Waals surface area contributed by atoms with Crippen LogP contribution in [0.15, 0.2) is 0 Å². The Morgan fingerprint density at radius 1 is 1.69 bits per heavy atom. The largest absolute Gasteiger partial charge is 0.475 e. The molecule has 1 aromatic heterocycles. The number of carbonyl (C=O) groups excluding carboxylic acids is 1. The van der Waals surface area contributed by atoms with Crippen LogP contribution < -0.4 is 4.90 Å². The van der Waals surface area contributed by atoms with E-state index in [1.54, 1.807) is 0 Å². The Hall–Kier alpha value is -1.44. The van der Waals surface area contributed by atoms with Crippen molar-refractivity contribution in [3.8, 4) is 0 Å². The van der Waals surface area contributed by atoms with E-state index in [1.165, 1.54) is 4.90 Å². The minimum absolute atomic E-state index is 0.0830. The van der Waals surface area contributed by atoms with Gasteiger partial charge in [-0.25, -0.2) is 4.79 Å². The first kappa shape index (κ1) is 11.1. The first-order chi connectivity index (χ1) is 7.61. The van der Waals surface area contributed by atoms with Gasteiger partial charge in [-0.2, -0.15) is 4.98 Å². The highest BCUT2D eigenvalue weighted by Gasteiger charge is 2.32. The first-order valence-corrected chi connectivity index (χ1v) is 5.76. The van der Waals surface area contributed by atoms with Crippen LogP contribution in [-0.4, -0.2) is 44.0 Å². The summed E-state index contributed by atoms with van der Waals surface area (Å²) >= 11 is 3.31. The normalized spacial score (nSPS) is 20.4. The molecule has 0 spiro atoms. The van der Waals surface area contributed by atoms with E-state index in [2.05, 4.69) is 31.1 Å². The second kappa shape index (κ2) is 4.20. The number of nitrogens with zero attached hydrogens (tertiary/aromatic N) is 3. The van der Waals surface area contributed by atoms with Crippen molar-refractivity contribution in [2.24, 2.45) is 5.92 Å². The van der Waals surface area contributed by atoms with Crippen molar-refractivity contribution in [2.45, 2.75) is 6.42 Å². The first-order valence-electron chi connectivity index (χ1n) is 4.64. The third kappa shape index (κ3) is 1.92. The lowest BCUT2D eigenvalue weighted by Gasteiger charge is -2.10. The minimum Gasteiger partial charge on any atom is -0.475 e. The number of carbonyl (C=O) groups is 2. The lowest BCUT2D eigenvalue weighted by molar-refractivity contribution is -0.117. The standard InChI is InChI=1S/C8H9BrN4O3/c9-2-4-1-5(14)13(3-4)8-10-6(7(15)16)11-12-8/h4H,1-3H2,(H,15,16)(H,10,11,12). The molecule has 1 fully saturated rings. The number of amides is 1. The summed E-state index contributed by atoms with van der Waals surface area (Å²) < 4.78 is 0. The fraction of sp³-hybridized carbons (Fsp3) is 0.500. The maximum absolute atomic E-state index is 11.6. The van der Waals surface area contributed by atoms with Gasteiger partial charge in [0.2, 0.25) is 11.7 Å². The molecule has 1 amide bonds. The Bertz CT molecular complexity index is 433. The SMILES string of the molecule is O=C(O)c1nc(N2CC(CBr)CC2=O)n[nH]1. The Kier molecular flexibility index (Phi) is 2.90. The van der Waals surface area contributed by atoms with E-state index >= 15 is 0 Å². The molecule has 7 nitrogen and oxygen atoms in total. The van der Waals surface area contributed by atoms with E-state index in [-0.39, 0.29) is 23.6 Å². The maximum atomic E-state index is 11.6. The van der Waals surface area contributed by atoms with Crippen molar-refractivity contribution in [2.75, 3.05) is 16.8 Å². The molecule has 1 aromatic rings. The molecule has 1 saturated heterocycles. The number of hydrogen-bond donors (Lipinski definition) is 2. The lowest BCUT2D eigenvalue weighted by Crippen LogP contribution is -2.25. The van der Waals surface area contributed by atoms with Crippen LogP contribution in [0.3, 0.4) is 0 Å². The second-order valence-electron chi connectivity index (χ2n) is 3.52. The number of alkyl halides is 1. The zero-order chi connectivity index (χ0) is 11.7. The molecule has 1 aliphatic rings. The van der Waals surface area contributed by atoms with E-state index < -0.39 is 5.97 Å². The van der Waals surface area contributed by atoms with Gasteiger partial charge in [-0.05, 0) is 5.92 Å². The van der Waals surface area contributed by atoms with Crippen LogP contribution >= 0.6 is 15.9 Å². The fourth-order valence-electron chi connectivity index (χ4n) is 1.55. The number of nitrogens with one attached hydrogen (secondary N) is 1. The Balaban J connectivity index is 2.18. The summed E-state index contributed by atoms with van der Waals surface area (Å²) in [6.45, 7) is 0.515. The van der Waals surface area contributed by atoms with Crippen LogP contribution in [0.5, 0.6) is 0 Å². The number of rotatable bonds is 3. The van der Waals surface area contributed by atoms with Gasteiger partial charge in [0.05, 0.1) is 0 Å². The summed E-state index contributed by atoms with van der Waals surface area (Å²) in [6.07, 6.45) is 0.433. The molecular weight excluding hydrogens is 280 g/mol. The third-order valence-corrected chi connectivity index (χ3v) is 3.26. The number of aromatic amines is 1. The Labute approximate surface area is 99.0 Å². The predicted octanol–water partition coefficient (Wildman–Crippen LogP) is 0.251. The van der Waals surface area contributed by atoms with Crippen LogP contribution in [0.4, 0.5) is 5.95 Å². The van der Waals surface area contributed by atoms with Crippen molar-refractivity contribution in [3.63, 3.8) is 0 Å². The van der Waals surface area contributed by atoms with Crippen LogP contribution in [0.25, 0.3) is 0 Å². The molecule has 16 heavy (non-hydrogen) atoms. The highest BCUT2D eigenvalue weighted by molar-refractivity contribution is 9.09. The van der Waals surface area contributed by atoms with Crippen molar-refractivity contribution >= 4 is 33.8 Å². The monoisotopic (exact) mass is 288 g/mol. The van der Waals surface area contributed by atoms with Crippen molar-refractivity contribution in [3.05, 3.63) is 5.82 Å². The van der Waals surface area contributed by atoms with Crippen molar-refractivity contribution < 1.29 is 14.7 Å². The predicted molar refractivity (Wildman–Crippen MR) is 57.6 cm³/mol. The van der Waals surface area contributed by atoms with E-state index in [0.29, 0.717) is 13.0 Å². The van der Waals surface area contributed by atoms with Gasteiger partial charge in [-0.3, -0.25) is 14.8 Å². The average molecular weight is 289 g/mol. The number of halogens is 1. The minimum atomic E-state index is -1.19. The Morgan fingerprint density at radius 2 is 2.44 bits per heavy atom. The molecule has 1 atom stereocenters. The molecule has 0 aromatic carbocycles. The molecule has 0 saturated carbocycles. The highest BCUT2D eigenvalue weighted by atomic mass is 79.9. The molecule has 0 bridgehead atoms. The topological polar surface area (TPSA) is 99.2 Å². The molecule has 2 N–H and O–H groups in total. The van der Waals surface area contributed by atoms with Crippen molar-refractivity contribution in [1.82, 2.24) is 15.2 Å². The van der Waals surface area contributed by atoms with Gasteiger partial charge in [0, 0.05) is 18.3 Å². The zero-order valence-corrected chi connectivity index (χ0v) is 9.77. The summed E-state index contributed by atoms with van der Waals surface area (Å²) in [7, 11) is 0. The summed E-state index contributed by atoms with van der Waals surface area (Å²) in [5.41, 5.74) is 0. The number of carboxylic acid groups (broad SMARTS) is 1. The van der Waals surface area contributed by atoms with Crippen LogP contribution in [0.2, 0.25) is 0 Å². The number of aromatic carboxylic acids is 1. The van der Waals surface area contributed by atoms with Gasteiger partial charge in [0.15, 0.2) is 0 Å². The number of hydrogen-bond acceptors (Lipinski definition) is 4. The molecule has 0 radical (unpaired) electrons. The number of aromatic nitrogens is 3. The molecule has 1 unspecified atom stereocenters. The van der Waals surface area contributed by atoms with Gasteiger partial charge in [-0.15, -0.1) is 5.10 Å². The quantitative estimate of drug-likeness (QED) is 0.777. The van der Waals surface area contributed by atoms with Gasteiger partial charge >= 0.3 is 5.97 Å². The van der Waals surface area contributed by atoms with Crippen LogP contribution in [0, 0.1) is 5.92 Å². The number of anilines is 1. The zero-order valence-electron chi connectivity index (χ0n) is 8.18. The fourth-order valence-corrected chi connectivity index (χ4v) is 1.98. The van der Waals surface area contributed by atoms with Gasteiger partial charge in [0.25, 0.3) is 5.95 Å². The van der Waals surface area contributed by atoms with Gasteiger partial charge in [0.1, 0.15) is 0 Å². The molecule has 0 aliphatic carbocycles. The summed E-state index contributed by atoms with van der Waals surface area (Å²) in [5.74, 6) is -1.18. The summed E-state index contributed by atoms with van der Waals surface area (Å²) in [6, 6.07) is 0. The smallest absolute Gasteiger partial charge is 0.373 e. The highest BCUT2D eigenvalue weighted by Crippen LogP contribution is 2.23. The Morgan fingerprint density at radius 3 is 2.94 bits per heavy atom. The van der Waals surface area contributed by atoms with Crippen LogP contribution in [-0.2, 0) is 4.79 Å². The average Bonchev–Trinajstić information content (AvgIpc) is 2.83. The molecule has 86 valence electrons. The van der Waals surface area contributed by atoms with Gasteiger partial charge < -0.3 is 5.11 Å². The number of H-pyrrole nitrogens is 1. The third-order valence-electron chi connectivity index (χ3n) is 2.34. The molecule has 1 aliphatic heterocycles. The van der Waals surface area contributed by atoms with Crippen molar-refractivity contribution in [1.29, 1.82) is 0 Å².